The molecule has 1 aromatic heterocycles. The molecule has 172 valence electrons. The smallest absolute Gasteiger partial charge is 0.136 e. The predicted molar refractivity (Wildman–Crippen MR) is 157 cm³/mol. The highest BCUT2D eigenvalue weighted by Crippen LogP contribution is 2.47. The first-order valence-corrected chi connectivity index (χ1v) is 12.6. The summed E-state index contributed by atoms with van der Waals surface area (Å²) in [5, 5.41) is 9.49. The maximum absolute atomic E-state index is 8.00. The zero-order valence-corrected chi connectivity index (χ0v) is 20.0. The van der Waals surface area contributed by atoms with Crippen LogP contribution in [-0.2, 0) is 0 Å². The average Bonchev–Trinajstić information content (AvgIpc) is 3.33. The minimum absolute atomic E-state index is 0.519. The molecule has 0 saturated carbocycles. The second kappa shape index (κ2) is 7.81. The lowest BCUT2D eigenvalue weighted by atomic mass is 9.85. The van der Waals surface area contributed by atoms with Crippen molar-refractivity contribution in [1.82, 2.24) is 0 Å². The van der Waals surface area contributed by atoms with E-state index in [2.05, 4.69) is 115 Å². The fraction of sp³-hybridized carbons (Fsp3) is 0. The first-order valence-electron chi connectivity index (χ1n) is 13.1. The van der Waals surface area contributed by atoms with E-state index >= 15 is 0 Å². The molecule has 8 rings (SSSR count). The van der Waals surface area contributed by atoms with Crippen LogP contribution in [0.3, 0.4) is 0 Å². The topological polar surface area (TPSA) is 13.1 Å². The Morgan fingerprint density at radius 3 is 1.73 bits per heavy atom. The molecule has 0 N–H and O–H groups in total. The normalized spacial score (nSPS) is 12.2. The average molecular weight is 472 g/mol. The Bertz CT molecular complexity index is 2130. The summed E-state index contributed by atoms with van der Waals surface area (Å²) in [5.74, 6) is 0. The number of rotatable bonds is 2. The van der Waals surface area contributed by atoms with Gasteiger partial charge in [-0.15, -0.1) is 0 Å². The van der Waals surface area contributed by atoms with Gasteiger partial charge in [0.25, 0.3) is 0 Å². The first kappa shape index (κ1) is 19.3. The molecule has 1 nitrogen and oxygen atoms in total. The summed E-state index contributed by atoms with van der Waals surface area (Å²) < 4.78 is 14.4. The molecule has 0 aliphatic carbocycles. The summed E-state index contributed by atoms with van der Waals surface area (Å²) in [4.78, 5) is 0. The molecule has 37 heavy (non-hydrogen) atoms. The molecule has 0 amide bonds. The van der Waals surface area contributed by atoms with Gasteiger partial charge in [-0.05, 0) is 72.8 Å². The molecule has 7 aromatic carbocycles. The lowest BCUT2D eigenvalue weighted by Gasteiger charge is -2.18. The molecule has 0 radical (unpaired) electrons. The quantitative estimate of drug-likeness (QED) is 0.229. The van der Waals surface area contributed by atoms with Crippen molar-refractivity contribution in [3.05, 3.63) is 133 Å². The van der Waals surface area contributed by atoms with Crippen LogP contribution in [0.5, 0.6) is 0 Å². The van der Waals surface area contributed by atoms with E-state index in [4.69, 9.17) is 5.79 Å². The zero-order chi connectivity index (χ0) is 25.2. The van der Waals surface area contributed by atoms with Crippen LogP contribution in [0.4, 0.5) is 0 Å². The second-order valence-corrected chi connectivity index (χ2v) is 9.61. The third-order valence-corrected chi connectivity index (χ3v) is 7.57. The second-order valence-electron chi connectivity index (χ2n) is 9.61. The Kier molecular flexibility index (Phi) is 4.08. The molecular weight excluding hydrogens is 448 g/mol. The monoisotopic (exact) mass is 471 g/mol. The van der Waals surface area contributed by atoms with Gasteiger partial charge in [0, 0.05) is 10.8 Å². The maximum atomic E-state index is 8.00. The van der Waals surface area contributed by atoms with Gasteiger partial charge < -0.3 is 4.42 Å². The van der Waals surface area contributed by atoms with E-state index in [1.54, 1.807) is 0 Å². The third kappa shape index (κ3) is 2.98. The lowest BCUT2D eigenvalue weighted by Crippen LogP contribution is -1.91. The Morgan fingerprint density at radius 2 is 1.05 bits per heavy atom. The number of furan rings is 1. The van der Waals surface area contributed by atoms with Crippen molar-refractivity contribution in [2.75, 3.05) is 0 Å². The fourth-order valence-electron chi connectivity index (χ4n) is 6.00. The SMILES string of the molecule is [2H]c1ccc(-c2c3ccccc3c(-c3cccc4oc5cc6ccccc6cc5c34)c3ccccc23)cc1. The fourth-order valence-corrected chi connectivity index (χ4v) is 6.00. The van der Waals surface area contributed by atoms with E-state index in [0.29, 0.717) is 6.04 Å². The highest BCUT2D eigenvalue weighted by molar-refractivity contribution is 6.26. The van der Waals surface area contributed by atoms with Gasteiger partial charge in [-0.1, -0.05) is 115 Å². The molecule has 0 atom stereocenters. The zero-order valence-electron chi connectivity index (χ0n) is 21.0. The Labute approximate surface area is 215 Å². The molecule has 0 aliphatic heterocycles. The van der Waals surface area contributed by atoms with Crippen LogP contribution < -0.4 is 0 Å². The minimum atomic E-state index is 0.519. The Balaban J connectivity index is 1.55. The van der Waals surface area contributed by atoms with Crippen LogP contribution in [0.15, 0.2) is 138 Å². The molecule has 0 aliphatic rings. The van der Waals surface area contributed by atoms with E-state index in [0.717, 1.165) is 27.5 Å². The van der Waals surface area contributed by atoms with Gasteiger partial charge >= 0.3 is 0 Å². The van der Waals surface area contributed by atoms with Gasteiger partial charge in [-0.25, -0.2) is 0 Å². The molecule has 8 aromatic rings. The summed E-state index contributed by atoms with van der Waals surface area (Å²) in [6.45, 7) is 0. The minimum Gasteiger partial charge on any atom is -0.456 e. The van der Waals surface area contributed by atoms with Crippen LogP contribution in [0.25, 0.3) is 76.5 Å². The van der Waals surface area contributed by atoms with Crippen LogP contribution in [-0.4, -0.2) is 0 Å². The summed E-state index contributed by atoms with van der Waals surface area (Å²) in [6.07, 6.45) is 0. The standard InChI is InChI=1S/C36H22O/c1-2-11-23(12-3-1)34-26-15-6-8-17-28(26)35(29-18-9-7-16-27(29)34)30-19-10-20-32-36(30)31-21-24-13-4-5-14-25(24)22-33(31)37-32/h1-22H/i1D. The highest BCUT2D eigenvalue weighted by atomic mass is 16.3. The molecule has 1 heterocycles. The summed E-state index contributed by atoms with van der Waals surface area (Å²) in [6, 6.07) is 45.0. The van der Waals surface area contributed by atoms with Gasteiger partial charge in [0.1, 0.15) is 11.2 Å². The first-order chi connectivity index (χ1) is 18.8. The summed E-state index contributed by atoms with van der Waals surface area (Å²) in [7, 11) is 0. The Hall–Kier alpha value is -4.88. The summed E-state index contributed by atoms with van der Waals surface area (Å²) >= 11 is 0. The number of benzene rings is 7. The van der Waals surface area contributed by atoms with E-state index in [9.17, 15) is 0 Å². The molecular formula is C36H22O. The van der Waals surface area contributed by atoms with E-state index in [-0.39, 0.29) is 0 Å². The van der Waals surface area contributed by atoms with Crippen LogP contribution in [0, 0.1) is 0 Å². The van der Waals surface area contributed by atoms with E-state index in [1.165, 1.54) is 49.0 Å². The van der Waals surface area contributed by atoms with Gasteiger partial charge in [0.05, 0.1) is 1.37 Å². The highest BCUT2D eigenvalue weighted by Gasteiger charge is 2.20. The van der Waals surface area contributed by atoms with Crippen LogP contribution >= 0.6 is 0 Å². The van der Waals surface area contributed by atoms with Crippen LogP contribution in [0.2, 0.25) is 0 Å². The van der Waals surface area contributed by atoms with Crippen molar-refractivity contribution in [3.8, 4) is 22.3 Å². The van der Waals surface area contributed by atoms with Gasteiger partial charge in [-0.3, -0.25) is 0 Å². The molecule has 0 bridgehead atoms. The van der Waals surface area contributed by atoms with Crippen molar-refractivity contribution >= 4 is 54.3 Å². The number of hydrogen-bond acceptors (Lipinski definition) is 1. The number of fused-ring (bicyclic) bond motifs is 6. The molecule has 0 saturated heterocycles. The maximum Gasteiger partial charge on any atom is 0.136 e. The molecule has 0 unspecified atom stereocenters. The molecule has 0 fully saturated rings. The molecule has 0 spiro atoms. The van der Waals surface area contributed by atoms with Crippen molar-refractivity contribution in [2.45, 2.75) is 0 Å². The summed E-state index contributed by atoms with van der Waals surface area (Å²) in [5.41, 5.74) is 6.53. The third-order valence-electron chi connectivity index (χ3n) is 7.57. The van der Waals surface area contributed by atoms with Crippen molar-refractivity contribution in [1.29, 1.82) is 0 Å². The van der Waals surface area contributed by atoms with Gasteiger partial charge in [0.15, 0.2) is 0 Å². The lowest BCUT2D eigenvalue weighted by molar-refractivity contribution is 0.669. The largest absolute Gasteiger partial charge is 0.456 e. The van der Waals surface area contributed by atoms with Gasteiger partial charge in [0.2, 0.25) is 0 Å². The van der Waals surface area contributed by atoms with Crippen molar-refractivity contribution in [3.63, 3.8) is 0 Å². The Morgan fingerprint density at radius 1 is 0.459 bits per heavy atom. The van der Waals surface area contributed by atoms with Gasteiger partial charge in [-0.2, -0.15) is 0 Å². The predicted octanol–water partition coefficient (Wildman–Crippen LogP) is 10.4. The number of hydrogen-bond donors (Lipinski definition) is 0. The van der Waals surface area contributed by atoms with Crippen LogP contribution in [0.1, 0.15) is 1.37 Å². The van der Waals surface area contributed by atoms with E-state index < -0.39 is 0 Å². The van der Waals surface area contributed by atoms with Crippen molar-refractivity contribution < 1.29 is 5.79 Å². The molecule has 1 heteroatoms. The van der Waals surface area contributed by atoms with E-state index in [1.807, 2.05) is 12.1 Å². The van der Waals surface area contributed by atoms with Crippen molar-refractivity contribution in [2.24, 2.45) is 0 Å².